The highest BCUT2D eigenvalue weighted by Crippen LogP contribution is 2.48. The molecule has 1 saturated carbocycles. The second-order valence-electron chi connectivity index (χ2n) is 7.68. The monoisotopic (exact) mass is 374 g/mol. The molecule has 4 rings (SSSR count). The van der Waals surface area contributed by atoms with Gasteiger partial charge in [0.15, 0.2) is 0 Å². The SMILES string of the molecule is O=C(NCc1cccc(N2CCOCC2)n1)N1C[C@@H]2CCC[C@@]2(C(=O)O)C1. The highest BCUT2D eigenvalue weighted by molar-refractivity contribution is 5.80. The van der Waals surface area contributed by atoms with E-state index in [4.69, 9.17) is 4.74 Å². The molecule has 0 spiro atoms. The van der Waals surface area contributed by atoms with Crippen molar-refractivity contribution in [2.45, 2.75) is 25.8 Å². The molecule has 1 aliphatic carbocycles. The quantitative estimate of drug-likeness (QED) is 0.825. The van der Waals surface area contributed by atoms with Crippen LogP contribution in [0.2, 0.25) is 0 Å². The third kappa shape index (κ3) is 3.45. The molecule has 1 aromatic rings. The van der Waals surface area contributed by atoms with Gasteiger partial charge in [-0.1, -0.05) is 12.5 Å². The number of amides is 2. The van der Waals surface area contributed by atoms with E-state index in [9.17, 15) is 14.7 Å². The van der Waals surface area contributed by atoms with Crippen molar-refractivity contribution in [3.05, 3.63) is 23.9 Å². The first kappa shape index (κ1) is 18.0. The van der Waals surface area contributed by atoms with Gasteiger partial charge in [-0.15, -0.1) is 0 Å². The van der Waals surface area contributed by atoms with Crippen LogP contribution in [0.5, 0.6) is 0 Å². The van der Waals surface area contributed by atoms with Crippen LogP contribution in [0.25, 0.3) is 0 Å². The number of fused-ring (bicyclic) bond motifs is 1. The molecule has 2 amide bonds. The summed E-state index contributed by atoms with van der Waals surface area (Å²) >= 11 is 0. The molecule has 2 N–H and O–H groups in total. The summed E-state index contributed by atoms with van der Waals surface area (Å²) in [6, 6.07) is 5.60. The predicted molar refractivity (Wildman–Crippen MR) is 98.5 cm³/mol. The number of carbonyl (C=O) groups is 2. The van der Waals surface area contributed by atoms with E-state index >= 15 is 0 Å². The molecule has 0 bridgehead atoms. The van der Waals surface area contributed by atoms with Crippen LogP contribution < -0.4 is 10.2 Å². The second kappa shape index (κ2) is 7.34. The zero-order chi connectivity index (χ0) is 18.9. The van der Waals surface area contributed by atoms with Gasteiger partial charge < -0.3 is 25.0 Å². The molecule has 0 unspecified atom stereocenters. The Hall–Kier alpha value is -2.35. The number of carboxylic acid groups (broad SMARTS) is 1. The number of carboxylic acids is 1. The summed E-state index contributed by atoms with van der Waals surface area (Å²) in [6.45, 7) is 4.19. The van der Waals surface area contributed by atoms with Crippen molar-refractivity contribution in [1.29, 1.82) is 0 Å². The maximum atomic E-state index is 12.6. The maximum absolute atomic E-state index is 12.6. The Balaban J connectivity index is 1.35. The van der Waals surface area contributed by atoms with Crippen molar-refractivity contribution in [3.63, 3.8) is 0 Å². The van der Waals surface area contributed by atoms with Crippen LogP contribution in [0.3, 0.4) is 0 Å². The lowest BCUT2D eigenvalue weighted by atomic mass is 9.81. The molecule has 2 saturated heterocycles. The largest absolute Gasteiger partial charge is 0.481 e. The topological polar surface area (TPSA) is 95.0 Å². The molecule has 27 heavy (non-hydrogen) atoms. The van der Waals surface area contributed by atoms with Crippen molar-refractivity contribution in [2.24, 2.45) is 11.3 Å². The van der Waals surface area contributed by atoms with Gasteiger partial charge in [0.2, 0.25) is 0 Å². The van der Waals surface area contributed by atoms with Crippen LogP contribution in [0.4, 0.5) is 10.6 Å². The lowest BCUT2D eigenvalue weighted by Gasteiger charge is -2.28. The Morgan fingerprint density at radius 1 is 1.33 bits per heavy atom. The van der Waals surface area contributed by atoms with Gasteiger partial charge in [-0.05, 0) is 30.9 Å². The lowest BCUT2D eigenvalue weighted by Crippen LogP contribution is -2.41. The summed E-state index contributed by atoms with van der Waals surface area (Å²) in [5.74, 6) is 0.203. The van der Waals surface area contributed by atoms with Gasteiger partial charge in [0.25, 0.3) is 0 Å². The molecule has 146 valence electrons. The molecule has 8 nitrogen and oxygen atoms in total. The fourth-order valence-corrected chi connectivity index (χ4v) is 4.61. The van der Waals surface area contributed by atoms with E-state index in [-0.39, 0.29) is 11.9 Å². The Morgan fingerprint density at radius 2 is 2.15 bits per heavy atom. The summed E-state index contributed by atoms with van der Waals surface area (Å²) < 4.78 is 5.37. The number of hydrogen-bond donors (Lipinski definition) is 2. The Bertz CT molecular complexity index is 721. The fourth-order valence-electron chi connectivity index (χ4n) is 4.61. The van der Waals surface area contributed by atoms with E-state index in [1.54, 1.807) is 4.90 Å². The standard InChI is InChI=1S/C19H26N4O4/c24-17(25)19-6-2-3-14(19)12-23(13-19)18(26)20-11-15-4-1-5-16(21-15)22-7-9-27-10-8-22/h1,4-5,14H,2-3,6-13H2,(H,20,26)(H,24,25)/t14-,19+/m0/s1. The molecular formula is C19H26N4O4. The van der Waals surface area contributed by atoms with Crippen molar-refractivity contribution in [3.8, 4) is 0 Å². The molecule has 8 heteroatoms. The van der Waals surface area contributed by atoms with E-state index in [2.05, 4.69) is 15.2 Å². The number of hydrogen-bond acceptors (Lipinski definition) is 5. The van der Waals surface area contributed by atoms with E-state index in [1.807, 2.05) is 18.2 Å². The molecule has 3 fully saturated rings. The number of urea groups is 1. The third-order valence-electron chi connectivity index (χ3n) is 6.13. The molecule has 0 radical (unpaired) electrons. The minimum Gasteiger partial charge on any atom is -0.481 e. The van der Waals surface area contributed by atoms with Gasteiger partial charge >= 0.3 is 12.0 Å². The number of ether oxygens (including phenoxy) is 1. The number of morpholine rings is 1. The van der Waals surface area contributed by atoms with Gasteiger partial charge in [0.1, 0.15) is 5.82 Å². The maximum Gasteiger partial charge on any atom is 0.317 e. The number of nitrogens with one attached hydrogen (secondary N) is 1. The number of rotatable bonds is 4. The van der Waals surface area contributed by atoms with Gasteiger partial charge in [0.05, 0.1) is 30.9 Å². The summed E-state index contributed by atoms with van der Waals surface area (Å²) in [6.07, 6.45) is 2.49. The van der Waals surface area contributed by atoms with Gasteiger partial charge in [-0.3, -0.25) is 4.79 Å². The third-order valence-corrected chi connectivity index (χ3v) is 6.13. The number of pyridine rings is 1. The number of carbonyl (C=O) groups excluding carboxylic acids is 1. The first-order chi connectivity index (χ1) is 13.1. The average molecular weight is 374 g/mol. The number of aromatic nitrogens is 1. The smallest absolute Gasteiger partial charge is 0.317 e. The molecule has 0 aromatic carbocycles. The zero-order valence-corrected chi connectivity index (χ0v) is 15.4. The molecule has 2 atom stereocenters. The number of likely N-dealkylation sites (tertiary alicyclic amines) is 1. The predicted octanol–water partition coefficient (Wildman–Crippen LogP) is 1.31. The van der Waals surface area contributed by atoms with Crippen LogP contribution in [0.15, 0.2) is 18.2 Å². The molecule has 3 aliphatic rings. The van der Waals surface area contributed by atoms with E-state index in [0.29, 0.717) is 39.3 Å². The zero-order valence-electron chi connectivity index (χ0n) is 15.4. The molecular weight excluding hydrogens is 348 g/mol. The highest BCUT2D eigenvalue weighted by atomic mass is 16.5. The van der Waals surface area contributed by atoms with Crippen molar-refractivity contribution >= 4 is 17.8 Å². The Morgan fingerprint density at radius 3 is 2.89 bits per heavy atom. The summed E-state index contributed by atoms with van der Waals surface area (Å²) in [5, 5.41) is 12.6. The summed E-state index contributed by atoms with van der Waals surface area (Å²) in [4.78, 5) is 32.8. The molecule has 1 aromatic heterocycles. The van der Waals surface area contributed by atoms with Crippen LogP contribution >= 0.6 is 0 Å². The minimum absolute atomic E-state index is 0.0727. The van der Waals surface area contributed by atoms with Gasteiger partial charge in [-0.2, -0.15) is 0 Å². The molecule has 3 heterocycles. The van der Waals surface area contributed by atoms with Crippen LogP contribution in [-0.4, -0.2) is 66.4 Å². The van der Waals surface area contributed by atoms with Crippen LogP contribution in [0.1, 0.15) is 25.0 Å². The van der Waals surface area contributed by atoms with Crippen molar-refractivity contribution < 1.29 is 19.4 Å². The van der Waals surface area contributed by atoms with E-state index in [0.717, 1.165) is 37.4 Å². The number of nitrogens with zero attached hydrogens (tertiary/aromatic N) is 3. The Kier molecular flexibility index (Phi) is 4.90. The second-order valence-corrected chi connectivity index (χ2v) is 7.68. The first-order valence-electron chi connectivity index (χ1n) is 9.63. The van der Waals surface area contributed by atoms with Crippen LogP contribution in [-0.2, 0) is 16.1 Å². The summed E-state index contributed by atoms with van der Waals surface area (Å²) in [5.41, 5.74) is 0.0472. The normalized spacial score (nSPS) is 27.5. The van der Waals surface area contributed by atoms with E-state index < -0.39 is 11.4 Å². The summed E-state index contributed by atoms with van der Waals surface area (Å²) in [7, 11) is 0. The van der Waals surface area contributed by atoms with Gasteiger partial charge in [-0.25, -0.2) is 9.78 Å². The van der Waals surface area contributed by atoms with E-state index in [1.165, 1.54) is 0 Å². The first-order valence-corrected chi connectivity index (χ1v) is 9.63. The number of anilines is 1. The van der Waals surface area contributed by atoms with Crippen molar-refractivity contribution in [1.82, 2.24) is 15.2 Å². The van der Waals surface area contributed by atoms with Gasteiger partial charge in [0, 0.05) is 26.2 Å². The van der Waals surface area contributed by atoms with Crippen molar-refractivity contribution in [2.75, 3.05) is 44.3 Å². The highest BCUT2D eigenvalue weighted by Gasteiger charge is 2.55. The number of aliphatic carboxylic acids is 1. The molecule has 2 aliphatic heterocycles. The Labute approximate surface area is 158 Å². The minimum atomic E-state index is -0.764. The average Bonchev–Trinajstić information content (AvgIpc) is 3.26. The van der Waals surface area contributed by atoms with Crippen LogP contribution in [0, 0.1) is 11.3 Å². The lowest BCUT2D eigenvalue weighted by molar-refractivity contribution is -0.149. The fraction of sp³-hybridized carbons (Fsp3) is 0.632.